The Kier molecular flexibility index (Phi) is 5.47. The topological polar surface area (TPSA) is 80.5 Å². The first-order chi connectivity index (χ1) is 16.4. The van der Waals surface area contributed by atoms with Crippen molar-refractivity contribution in [1.82, 2.24) is 0 Å². The molecule has 0 aliphatic heterocycles. The van der Waals surface area contributed by atoms with Gasteiger partial charge in [0.1, 0.15) is 0 Å². The van der Waals surface area contributed by atoms with Gasteiger partial charge in [-0.05, 0) is 39.9 Å². The third kappa shape index (κ3) is 3.86. The Balaban J connectivity index is 1.75. The summed E-state index contributed by atoms with van der Waals surface area (Å²) in [6.07, 6.45) is 0. The van der Waals surface area contributed by atoms with Crippen molar-refractivity contribution in [2.75, 3.05) is 4.31 Å². The first-order valence-corrected chi connectivity index (χ1v) is 12.1. The van der Waals surface area contributed by atoms with E-state index in [0.717, 1.165) is 27.1 Å². The summed E-state index contributed by atoms with van der Waals surface area (Å²) in [4.78, 5) is 10.5. The highest BCUT2D eigenvalue weighted by molar-refractivity contribution is 7.92. The lowest BCUT2D eigenvalue weighted by Gasteiger charge is -2.27. The van der Waals surface area contributed by atoms with Gasteiger partial charge in [0.05, 0.1) is 22.1 Å². The van der Waals surface area contributed by atoms with Gasteiger partial charge < -0.3 is 0 Å². The number of sulfonamides is 1. The summed E-state index contributed by atoms with van der Waals surface area (Å²) in [5.74, 6) is 0. The molecular formula is C27H20N2O4S. The third-order valence-corrected chi connectivity index (χ3v) is 7.59. The first kappa shape index (κ1) is 21.6. The summed E-state index contributed by atoms with van der Waals surface area (Å²) < 4.78 is 29.3. The molecule has 0 aromatic heterocycles. The van der Waals surface area contributed by atoms with Crippen molar-refractivity contribution in [3.05, 3.63) is 125 Å². The number of fused-ring (bicyclic) bond motifs is 3. The minimum atomic E-state index is -4.04. The predicted molar refractivity (Wildman–Crippen MR) is 134 cm³/mol. The van der Waals surface area contributed by atoms with E-state index in [2.05, 4.69) is 0 Å². The molecule has 5 rings (SSSR count). The minimum absolute atomic E-state index is 0.00808. The molecule has 0 spiro atoms. The van der Waals surface area contributed by atoms with E-state index in [1.165, 1.54) is 28.6 Å². The summed E-state index contributed by atoms with van der Waals surface area (Å²) in [5, 5.41) is 14.8. The first-order valence-electron chi connectivity index (χ1n) is 10.7. The smallest absolute Gasteiger partial charge is 0.261 e. The maximum atomic E-state index is 14.0. The Bertz CT molecular complexity index is 1620. The van der Waals surface area contributed by atoms with Crippen LogP contribution in [-0.4, -0.2) is 13.3 Å². The standard InChI is InChI=1S/C27H20N2O4S/c30-29(31)22-14-16-23(17-15-22)34(32,33)28(19-20-8-2-1-3-9-20)27-18-21-10-4-5-11-24(21)25-12-6-7-13-26(25)27/h1-18H,19H2. The zero-order chi connectivity index (χ0) is 23.7. The van der Waals surface area contributed by atoms with E-state index in [-0.39, 0.29) is 17.1 Å². The van der Waals surface area contributed by atoms with Crippen molar-refractivity contribution in [3.63, 3.8) is 0 Å². The van der Waals surface area contributed by atoms with Crippen molar-refractivity contribution < 1.29 is 13.3 Å². The van der Waals surface area contributed by atoms with Gasteiger partial charge in [0.25, 0.3) is 15.7 Å². The number of non-ortho nitro benzene ring substituents is 1. The maximum Gasteiger partial charge on any atom is 0.269 e. The molecule has 0 unspecified atom stereocenters. The van der Waals surface area contributed by atoms with E-state index >= 15 is 0 Å². The van der Waals surface area contributed by atoms with Crippen LogP contribution >= 0.6 is 0 Å². The molecular weight excluding hydrogens is 448 g/mol. The zero-order valence-electron chi connectivity index (χ0n) is 18.0. The average Bonchev–Trinajstić information content (AvgIpc) is 2.87. The molecule has 168 valence electrons. The molecule has 0 aliphatic rings. The molecule has 0 fully saturated rings. The van der Waals surface area contributed by atoms with Crippen LogP contribution in [0.5, 0.6) is 0 Å². The molecule has 0 saturated heterocycles. The summed E-state index contributed by atoms with van der Waals surface area (Å²) >= 11 is 0. The van der Waals surface area contributed by atoms with Gasteiger partial charge in [-0.3, -0.25) is 14.4 Å². The van der Waals surface area contributed by atoms with E-state index in [9.17, 15) is 18.5 Å². The Morgan fingerprint density at radius 3 is 1.97 bits per heavy atom. The number of nitro groups is 1. The molecule has 5 aromatic rings. The summed E-state index contributed by atoms with van der Waals surface area (Å²) in [6.45, 7) is 0.114. The van der Waals surface area contributed by atoms with Crippen molar-refractivity contribution in [1.29, 1.82) is 0 Å². The van der Waals surface area contributed by atoms with Crippen LogP contribution in [-0.2, 0) is 16.6 Å². The van der Waals surface area contributed by atoms with Crippen LogP contribution in [0.4, 0.5) is 11.4 Å². The lowest BCUT2D eigenvalue weighted by atomic mass is 10.00. The average molecular weight is 469 g/mol. The van der Waals surface area contributed by atoms with Gasteiger partial charge in [-0.2, -0.15) is 0 Å². The zero-order valence-corrected chi connectivity index (χ0v) is 18.9. The van der Waals surface area contributed by atoms with Crippen LogP contribution < -0.4 is 4.31 Å². The van der Waals surface area contributed by atoms with Crippen LogP contribution in [0, 0.1) is 10.1 Å². The van der Waals surface area contributed by atoms with Crippen molar-refractivity contribution in [2.24, 2.45) is 0 Å². The van der Waals surface area contributed by atoms with E-state index in [1.807, 2.05) is 84.9 Å². The predicted octanol–water partition coefficient (Wildman–Crippen LogP) is 6.30. The maximum absolute atomic E-state index is 14.0. The molecule has 7 heteroatoms. The van der Waals surface area contributed by atoms with Crippen LogP contribution in [0.1, 0.15) is 5.56 Å². The molecule has 0 saturated carbocycles. The van der Waals surface area contributed by atoms with Crippen molar-refractivity contribution >= 4 is 42.9 Å². The van der Waals surface area contributed by atoms with Crippen LogP contribution in [0.2, 0.25) is 0 Å². The second-order valence-corrected chi connectivity index (χ2v) is 9.77. The molecule has 0 atom stereocenters. The fourth-order valence-electron chi connectivity index (χ4n) is 4.16. The van der Waals surface area contributed by atoms with Crippen molar-refractivity contribution in [3.8, 4) is 0 Å². The highest BCUT2D eigenvalue weighted by Crippen LogP contribution is 2.37. The molecule has 0 bridgehead atoms. The number of hydrogen-bond acceptors (Lipinski definition) is 4. The SMILES string of the molecule is O=[N+]([O-])c1ccc(S(=O)(=O)N(Cc2ccccc2)c2cc3ccccc3c3ccccc23)cc1. The number of rotatable bonds is 6. The number of benzene rings is 5. The van der Waals surface area contributed by atoms with Crippen LogP contribution in [0.25, 0.3) is 21.5 Å². The van der Waals surface area contributed by atoms with Gasteiger partial charge >= 0.3 is 0 Å². The van der Waals surface area contributed by atoms with Gasteiger partial charge in [-0.1, -0.05) is 78.9 Å². The Hall–Kier alpha value is -4.23. The molecule has 6 nitrogen and oxygen atoms in total. The van der Waals surface area contributed by atoms with Gasteiger partial charge in [0.15, 0.2) is 0 Å². The summed E-state index contributed by atoms with van der Waals surface area (Å²) in [7, 11) is -4.04. The van der Waals surface area contributed by atoms with E-state index in [0.29, 0.717) is 5.69 Å². The Labute approximate surface area is 196 Å². The minimum Gasteiger partial charge on any atom is -0.261 e. The number of hydrogen-bond donors (Lipinski definition) is 0. The normalized spacial score (nSPS) is 11.5. The molecule has 0 heterocycles. The molecule has 0 aliphatic carbocycles. The monoisotopic (exact) mass is 468 g/mol. The summed E-state index contributed by atoms with van der Waals surface area (Å²) in [5.41, 5.74) is 1.21. The van der Waals surface area contributed by atoms with Crippen LogP contribution in [0.3, 0.4) is 0 Å². The van der Waals surface area contributed by atoms with Gasteiger partial charge in [0.2, 0.25) is 0 Å². The molecule has 5 aromatic carbocycles. The van der Waals surface area contributed by atoms with Crippen molar-refractivity contribution in [2.45, 2.75) is 11.4 Å². The molecule has 0 radical (unpaired) electrons. The second kappa shape index (κ2) is 8.61. The highest BCUT2D eigenvalue weighted by Gasteiger charge is 2.28. The van der Waals surface area contributed by atoms with Gasteiger partial charge in [-0.25, -0.2) is 8.42 Å². The molecule has 0 amide bonds. The Morgan fingerprint density at radius 1 is 0.706 bits per heavy atom. The van der Waals surface area contributed by atoms with Gasteiger partial charge in [-0.15, -0.1) is 0 Å². The largest absolute Gasteiger partial charge is 0.269 e. The molecule has 34 heavy (non-hydrogen) atoms. The Morgan fingerprint density at radius 2 is 1.29 bits per heavy atom. The van der Waals surface area contributed by atoms with E-state index < -0.39 is 14.9 Å². The highest BCUT2D eigenvalue weighted by atomic mass is 32.2. The van der Waals surface area contributed by atoms with E-state index in [1.54, 1.807) is 0 Å². The molecule has 0 N–H and O–H groups in total. The third-order valence-electron chi connectivity index (χ3n) is 5.82. The van der Waals surface area contributed by atoms with E-state index in [4.69, 9.17) is 0 Å². The van der Waals surface area contributed by atoms with Gasteiger partial charge in [0, 0.05) is 17.5 Å². The second-order valence-electron chi connectivity index (χ2n) is 7.91. The summed E-state index contributed by atoms with van der Waals surface area (Å²) in [6, 6.07) is 31.9. The lowest BCUT2D eigenvalue weighted by molar-refractivity contribution is -0.384. The lowest BCUT2D eigenvalue weighted by Crippen LogP contribution is -2.30. The fourth-order valence-corrected chi connectivity index (χ4v) is 5.62. The number of nitro benzene ring substituents is 1. The quantitative estimate of drug-likeness (QED) is 0.166. The number of nitrogens with zero attached hydrogens (tertiary/aromatic N) is 2. The number of anilines is 1. The van der Waals surface area contributed by atoms with Crippen LogP contribution in [0.15, 0.2) is 114 Å². The fraction of sp³-hybridized carbons (Fsp3) is 0.0370.